The van der Waals surface area contributed by atoms with Gasteiger partial charge in [0.05, 0.1) is 18.3 Å². The molecule has 1 aromatic heterocycles. The number of aliphatic hydroxyl groups excluding tert-OH is 1. The number of amides is 1. The van der Waals surface area contributed by atoms with Gasteiger partial charge in [-0.05, 0) is 12.1 Å². The number of halogens is 3. The van der Waals surface area contributed by atoms with E-state index in [-0.39, 0.29) is 24.5 Å². The summed E-state index contributed by atoms with van der Waals surface area (Å²) in [6.45, 7) is -0.0718. The van der Waals surface area contributed by atoms with Crippen molar-refractivity contribution < 1.29 is 27.8 Å². The molecule has 0 aliphatic rings. The van der Waals surface area contributed by atoms with Gasteiger partial charge < -0.3 is 20.5 Å². The lowest BCUT2D eigenvalue weighted by molar-refractivity contribution is -0.141. The van der Waals surface area contributed by atoms with Crippen molar-refractivity contribution >= 4 is 11.7 Å². The summed E-state index contributed by atoms with van der Waals surface area (Å²) >= 11 is 0. The molecule has 0 aromatic carbocycles. The summed E-state index contributed by atoms with van der Waals surface area (Å²) in [7, 11) is 2.77. The molecule has 0 aliphatic carbocycles. The molecule has 21 heavy (non-hydrogen) atoms. The third-order valence-corrected chi connectivity index (χ3v) is 2.64. The fourth-order valence-corrected chi connectivity index (χ4v) is 1.74. The molecule has 1 rings (SSSR count). The number of ether oxygens (including phenoxy) is 1. The van der Waals surface area contributed by atoms with Gasteiger partial charge >= 0.3 is 6.18 Å². The van der Waals surface area contributed by atoms with Crippen LogP contribution < -0.4 is 10.6 Å². The Hall–Kier alpha value is -1.87. The van der Waals surface area contributed by atoms with E-state index in [0.29, 0.717) is 6.07 Å². The molecule has 1 atom stereocenters. The van der Waals surface area contributed by atoms with Crippen LogP contribution in [0.1, 0.15) is 16.1 Å². The van der Waals surface area contributed by atoms with Crippen LogP contribution in [0.4, 0.5) is 19.0 Å². The number of carbonyl (C=O) groups is 1. The van der Waals surface area contributed by atoms with Gasteiger partial charge in [-0.2, -0.15) is 13.2 Å². The largest absolute Gasteiger partial charge is 0.433 e. The topological polar surface area (TPSA) is 88.7 Å². The van der Waals surface area contributed by atoms with Crippen LogP contribution in [0, 0.1) is 0 Å². The predicted molar refractivity (Wildman–Crippen MR) is 68.9 cm³/mol. The van der Waals surface area contributed by atoms with E-state index in [1.54, 1.807) is 0 Å². The lowest BCUT2D eigenvalue weighted by atomic mass is 10.2. The molecule has 118 valence electrons. The summed E-state index contributed by atoms with van der Waals surface area (Å²) in [5.74, 6) is -1.15. The van der Waals surface area contributed by atoms with E-state index in [1.165, 1.54) is 19.1 Å². The number of hydrogen-bond acceptors (Lipinski definition) is 5. The van der Waals surface area contributed by atoms with Crippen molar-refractivity contribution in [3.8, 4) is 0 Å². The molecule has 0 spiro atoms. The molecular formula is C12H16F3N3O3. The van der Waals surface area contributed by atoms with E-state index in [1.807, 2.05) is 0 Å². The molecule has 1 unspecified atom stereocenters. The quantitative estimate of drug-likeness (QED) is 0.805. The second-order valence-corrected chi connectivity index (χ2v) is 4.42. The lowest BCUT2D eigenvalue weighted by Crippen LogP contribution is -2.34. The Bertz CT molecular complexity index is 508. The third kappa shape index (κ3) is 4.57. The number of alkyl halides is 3. The van der Waals surface area contributed by atoms with Crippen molar-refractivity contribution in [1.29, 1.82) is 0 Å². The van der Waals surface area contributed by atoms with E-state index in [0.717, 1.165) is 6.07 Å². The molecule has 9 heteroatoms. The van der Waals surface area contributed by atoms with Gasteiger partial charge in [-0.3, -0.25) is 4.79 Å². The molecule has 1 heterocycles. The van der Waals surface area contributed by atoms with E-state index in [2.05, 4.69) is 4.98 Å². The molecular weight excluding hydrogens is 291 g/mol. The molecule has 0 radical (unpaired) electrons. The highest BCUT2D eigenvalue weighted by atomic mass is 19.4. The molecule has 1 aromatic rings. The van der Waals surface area contributed by atoms with Crippen molar-refractivity contribution in [3.63, 3.8) is 0 Å². The monoisotopic (exact) mass is 307 g/mol. The van der Waals surface area contributed by atoms with Crippen LogP contribution in [0.2, 0.25) is 0 Å². The van der Waals surface area contributed by atoms with Crippen molar-refractivity contribution in [2.45, 2.75) is 12.3 Å². The van der Waals surface area contributed by atoms with Crippen molar-refractivity contribution in [2.24, 2.45) is 5.73 Å². The molecule has 0 bridgehead atoms. The van der Waals surface area contributed by atoms with Crippen LogP contribution in [-0.2, 0) is 10.9 Å². The Morgan fingerprint density at radius 3 is 2.62 bits per heavy atom. The average Bonchev–Trinajstić information content (AvgIpc) is 2.36. The van der Waals surface area contributed by atoms with Crippen LogP contribution in [0.3, 0.4) is 0 Å². The average molecular weight is 307 g/mol. The molecule has 0 fully saturated rings. The molecule has 0 saturated heterocycles. The first-order valence-electron chi connectivity index (χ1n) is 5.93. The standard InChI is InChI=1S/C12H16F3N3O3/c1-18(5-7(19)6-21-2)11-8(10(16)20)3-4-9(17-11)12(13,14)15/h3-4,7,19H,5-6H2,1-2H3,(H2,16,20). The summed E-state index contributed by atoms with van der Waals surface area (Å²) in [5, 5.41) is 9.61. The SMILES string of the molecule is COCC(O)CN(C)c1nc(C(F)(F)F)ccc1C(N)=O. The molecule has 0 saturated carbocycles. The normalized spacial score (nSPS) is 13.0. The zero-order valence-electron chi connectivity index (χ0n) is 11.5. The summed E-state index contributed by atoms with van der Waals surface area (Å²) in [4.78, 5) is 15.9. The number of pyridine rings is 1. The first-order valence-corrected chi connectivity index (χ1v) is 5.93. The number of methoxy groups -OCH3 is 1. The highest BCUT2D eigenvalue weighted by Crippen LogP contribution is 2.30. The Morgan fingerprint density at radius 1 is 1.52 bits per heavy atom. The van der Waals surface area contributed by atoms with Gasteiger partial charge in [0.2, 0.25) is 0 Å². The van der Waals surface area contributed by atoms with Gasteiger partial charge in [0.1, 0.15) is 11.5 Å². The van der Waals surface area contributed by atoms with Gasteiger partial charge in [0, 0.05) is 20.7 Å². The van der Waals surface area contributed by atoms with Crippen LogP contribution in [-0.4, -0.2) is 49.4 Å². The van der Waals surface area contributed by atoms with Crippen molar-refractivity contribution in [3.05, 3.63) is 23.4 Å². The summed E-state index contributed by atoms with van der Waals surface area (Å²) in [5.41, 5.74) is 3.83. The number of aromatic nitrogens is 1. The molecule has 6 nitrogen and oxygen atoms in total. The number of anilines is 1. The maximum atomic E-state index is 12.7. The number of carbonyl (C=O) groups excluding carboxylic acids is 1. The highest BCUT2D eigenvalue weighted by molar-refractivity contribution is 5.97. The fraction of sp³-hybridized carbons (Fsp3) is 0.500. The minimum absolute atomic E-state index is 0.00476. The zero-order valence-corrected chi connectivity index (χ0v) is 11.5. The Balaban J connectivity index is 3.14. The van der Waals surface area contributed by atoms with Gasteiger partial charge in [-0.15, -0.1) is 0 Å². The summed E-state index contributed by atoms with van der Waals surface area (Å²) in [6.07, 6.45) is -5.59. The molecule has 1 amide bonds. The molecule has 3 N–H and O–H groups in total. The van der Waals surface area contributed by atoms with E-state index in [4.69, 9.17) is 10.5 Å². The van der Waals surface area contributed by atoms with Crippen LogP contribution in [0.25, 0.3) is 0 Å². The van der Waals surface area contributed by atoms with Crippen molar-refractivity contribution in [1.82, 2.24) is 4.98 Å². The maximum absolute atomic E-state index is 12.7. The fourth-order valence-electron chi connectivity index (χ4n) is 1.74. The lowest BCUT2D eigenvalue weighted by Gasteiger charge is -2.23. The molecule has 0 aliphatic heterocycles. The van der Waals surface area contributed by atoms with E-state index >= 15 is 0 Å². The first kappa shape index (κ1) is 17.2. The van der Waals surface area contributed by atoms with Gasteiger partial charge in [0.25, 0.3) is 5.91 Å². The maximum Gasteiger partial charge on any atom is 0.433 e. The number of nitrogens with zero attached hydrogens (tertiary/aromatic N) is 2. The minimum Gasteiger partial charge on any atom is -0.389 e. The smallest absolute Gasteiger partial charge is 0.389 e. The minimum atomic E-state index is -4.64. The number of likely N-dealkylation sites (N-methyl/N-ethyl adjacent to an activating group) is 1. The number of nitrogens with two attached hydrogens (primary N) is 1. The van der Waals surface area contributed by atoms with Gasteiger partial charge in [0.15, 0.2) is 0 Å². The van der Waals surface area contributed by atoms with Gasteiger partial charge in [-0.1, -0.05) is 0 Å². The Kier molecular flexibility index (Phi) is 5.50. The second-order valence-electron chi connectivity index (χ2n) is 4.42. The van der Waals surface area contributed by atoms with Crippen LogP contribution >= 0.6 is 0 Å². The number of aliphatic hydroxyl groups is 1. The third-order valence-electron chi connectivity index (χ3n) is 2.64. The Labute approximate surface area is 119 Å². The number of rotatable bonds is 6. The predicted octanol–water partition coefficient (Wildman–Crippen LogP) is 0.643. The van der Waals surface area contributed by atoms with Crippen LogP contribution in [0.15, 0.2) is 12.1 Å². The zero-order chi connectivity index (χ0) is 16.2. The van der Waals surface area contributed by atoms with E-state index < -0.39 is 23.9 Å². The first-order chi connectivity index (χ1) is 9.66. The van der Waals surface area contributed by atoms with Crippen molar-refractivity contribution in [2.75, 3.05) is 32.2 Å². The van der Waals surface area contributed by atoms with Crippen LogP contribution in [0.5, 0.6) is 0 Å². The van der Waals surface area contributed by atoms with E-state index in [9.17, 15) is 23.1 Å². The summed E-state index contributed by atoms with van der Waals surface area (Å²) in [6, 6.07) is 1.65. The van der Waals surface area contributed by atoms with Gasteiger partial charge in [-0.25, -0.2) is 4.98 Å². The summed E-state index contributed by atoms with van der Waals surface area (Å²) < 4.78 is 42.8. The Morgan fingerprint density at radius 2 is 2.14 bits per heavy atom. The second kappa shape index (κ2) is 6.72. The highest BCUT2D eigenvalue weighted by Gasteiger charge is 2.34. The number of primary amides is 1. The number of hydrogen-bond donors (Lipinski definition) is 2.